The molecule has 0 saturated heterocycles. The van der Waals surface area contributed by atoms with Gasteiger partial charge in [0, 0.05) is 52.1 Å². The van der Waals surface area contributed by atoms with Crippen LogP contribution in [-0.4, -0.2) is 49.4 Å². The van der Waals surface area contributed by atoms with E-state index in [2.05, 4.69) is 4.90 Å². The summed E-state index contributed by atoms with van der Waals surface area (Å²) in [5, 5.41) is 0. The van der Waals surface area contributed by atoms with E-state index in [-0.39, 0.29) is 5.56 Å². The Morgan fingerprint density at radius 2 is 2.18 bits per heavy atom. The van der Waals surface area contributed by atoms with Crippen LogP contribution in [0.5, 0.6) is 0 Å². The number of hydrogen-bond donors (Lipinski definition) is 1. The Bertz CT molecular complexity index is 365. The van der Waals surface area contributed by atoms with Crippen molar-refractivity contribution in [2.45, 2.75) is 6.54 Å². The average molecular weight is 239 g/mol. The number of pyridine rings is 1. The predicted molar refractivity (Wildman–Crippen MR) is 68.1 cm³/mol. The quantitative estimate of drug-likeness (QED) is 0.680. The molecule has 17 heavy (non-hydrogen) atoms. The molecule has 0 aliphatic rings. The van der Waals surface area contributed by atoms with Crippen LogP contribution in [0.15, 0.2) is 29.2 Å². The van der Waals surface area contributed by atoms with E-state index in [1.165, 1.54) is 0 Å². The van der Waals surface area contributed by atoms with Gasteiger partial charge in [-0.2, -0.15) is 0 Å². The summed E-state index contributed by atoms with van der Waals surface area (Å²) in [4.78, 5) is 13.7. The SMILES string of the molecule is COCCN(CCN)CCn1ccccc1=O. The molecule has 0 atom stereocenters. The van der Waals surface area contributed by atoms with Crippen LogP contribution in [0.2, 0.25) is 0 Å². The molecule has 1 aromatic heterocycles. The Kier molecular flexibility index (Phi) is 6.54. The number of hydrogen-bond acceptors (Lipinski definition) is 4. The molecule has 0 aliphatic heterocycles. The highest BCUT2D eigenvalue weighted by atomic mass is 16.5. The van der Waals surface area contributed by atoms with E-state index in [1.807, 2.05) is 6.07 Å². The highest BCUT2D eigenvalue weighted by Gasteiger charge is 2.04. The third-order valence-electron chi connectivity index (χ3n) is 2.61. The van der Waals surface area contributed by atoms with E-state index in [0.29, 0.717) is 19.7 Å². The Morgan fingerprint density at radius 3 is 2.82 bits per heavy atom. The highest BCUT2D eigenvalue weighted by molar-refractivity contribution is 4.93. The van der Waals surface area contributed by atoms with Crippen molar-refractivity contribution < 1.29 is 4.74 Å². The summed E-state index contributed by atoms with van der Waals surface area (Å²) in [6.45, 7) is 4.46. The second kappa shape index (κ2) is 8.00. The fourth-order valence-electron chi connectivity index (χ4n) is 1.63. The Hall–Kier alpha value is -1.17. The van der Waals surface area contributed by atoms with Gasteiger partial charge in [0.05, 0.1) is 6.61 Å². The summed E-state index contributed by atoms with van der Waals surface area (Å²) in [7, 11) is 1.68. The zero-order valence-corrected chi connectivity index (χ0v) is 10.3. The van der Waals surface area contributed by atoms with Gasteiger partial charge in [0.1, 0.15) is 0 Å². The lowest BCUT2D eigenvalue weighted by Crippen LogP contribution is -2.36. The molecule has 0 bridgehead atoms. The number of aromatic nitrogens is 1. The lowest BCUT2D eigenvalue weighted by atomic mass is 10.4. The first-order valence-electron chi connectivity index (χ1n) is 5.84. The minimum absolute atomic E-state index is 0.0342. The van der Waals surface area contributed by atoms with E-state index in [9.17, 15) is 4.79 Å². The normalized spacial score (nSPS) is 11.0. The van der Waals surface area contributed by atoms with Crippen molar-refractivity contribution >= 4 is 0 Å². The number of nitrogens with two attached hydrogens (primary N) is 1. The van der Waals surface area contributed by atoms with Gasteiger partial charge in [-0.05, 0) is 6.07 Å². The van der Waals surface area contributed by atoms with Crippen molar-refractivity contribution in [3.05, 3.63) is 34.7 Å². The number of nitrogens with zero attached hydrogens (tertiary/aromatic N) is 2. The molecular weight excluding hydrogens is 218 g/mol. The van der Waals surface area contributed by atoms with E-state index in [0.717, 1.165) is 19.6 Å². The smallest absolute Gasteiger partial charge is 0.250 e. The molecular formula is C12H21N3O2. The summed E-state index contributed by atoms with van der Waals surface area (Å²) in [6.07, 6.45) is 1.80. The van der Waals surface area contributed by atoms with Crippen LogP contribution in [0.3, 0.4) is 0 Å². The molecule has 0 amide bonds. The van der Waals surface area contributed by atoms with Crippen LogP contribution in [-0.2, 0) is 11.3 Å². The lowest BCUT2D eigenvalue weighted by molar-refractivity contribution is 0.147. The third kappa shape index (κ3) is 5.12. The molecule has 0 unspecified atom stereocenters. The zero-order valence-electron chi connectivity index (χ0n) is 10.3. The molecule has 0 radical (unpaired) electrons. The Labute approximate surface area is 102 Å². The standard InChI is InChI=1S/C12H21N3O2/c1-17-11-10-14(7-5-13)8-9-15-6-3-2-4-12(15)16/h2-4,6H,5,7-11,13H2,1H3. The summed E-state index contributed by atoms with van der Waals surface area (Å²) in [6, 6.07) is 5.19. The fourth-order valence-corrected chi connectivity index (χ4v) is 1.63. The summed E-state index contributed by atoms with van der Waals surface area (Å²) in [5.41, 5.74) is 5.58. The number of ether oxygens (including phenoxy) is 1. The van der Waals surface area contributed by atoms with Crippen LogP contribution in [0.4, 0.5) is 0 Å². The van der Waals surface area contributed by atoms with Crippen molar-refractivity contribution in [3.8, 4) is 0 Å². The fraction of sp³-hybridized carbons (Fsp3) is 0.583. The summed E-state index contributed by atoms with van der Waals surface area (Å²) >= 11 is 0. The van der Waals surface area contributed by atoms with Gasteiger partial charge in [-0.3, -0.25) is 9.69 Å². The van der Waals surface area contributed by atoms with Crippen molar-refractivity contribution in [3.63, 3.8) is 0 Å². The second-order valence-electron chi connectivity index (χ2n) is 3.86. The van der Waals surface area contributed by atoms with Crippen LogP contribution in [0, 0.1) is 0 Å². The van der Waals surface area contributed by atoms with E-state index in [1.54, 1.807) is 30.0 Å². The summed E-state index contributed by atoms with van der Waals surface area (Å²) < 4.78 is 6.75. The molecule has 1 heterocycles. The van der Waals surface area contributed by atoms with E-state index < -0.39 is 0 Å². The molecule has 96 valence electrons. The zero-order chi connectivity index (χ0) is 12.5. The molecule has 0 aliphatic carbocycles. The van der Waals surface area contributed by atoms with Gasteiger partial charge in [-0.15, -0.1) is 0 Å². The molecule has 0 fully saturated rings. The maximum Gasteiger partial charge on any atom is 0.250 e. The number of methoxy groups -OCH3 is 1. The maximum absolute atomic E-state index is 11.5. The average Bonchev–Trinajstić information content (AvgIpc) is 2.34. The first-order chi connectivity index (χ1) is 8.27. The van der Waals surface area contributed by atoms with Crippen molar-refractivity contribution in [1.29, 1.82) is 0 Å². The van der Waals surface area contributed by atoms with Gasteiger partial charge in [-0.25, -0.2) is 0 Å². The maximum atomic E-state index is 11.5. The molecule has 1 aromatic rings. The first-order valence-corrected chi connectivity index (χ1v) is 5.84. The predicted octanol–water partition coefficient (Wildman–Crippen LogP) is -0.245. The monoisotopic (exact) mass is 239 g/mol. The van der Waals surface area contributed by atoms with Crippen LogP contribution >= 0.6 is 0 Å². The second-order valence-corrected chi connectivity index (χ2v) is 3.86. The topological polar surface area (TPSA) is 60.5 Å². The summed E-state index contributed by atoms with van der Waals surface area (Å²) in [5.74, 6) is 0. The van der Waals surface area contributed by atoms with E-state index >= 15 is 0 Å². The van der Waals surface area contributed by atoms with Gasteiger partial charge < -0.3 is 15.0 Å². The Balaban J connectivity index is 2.45. The van der Waals surface area contributed by atoms with Crippen LogP contribution < -0.4 is 11.3 Å². The minimum Gasteiger partial charge on any atom is -0.383 e. The third-order valence-corrected chi connectivity index (χ3v) is 2.61. The first kappa shape index (κ1) is 13.9. The van der Waals surface area contributed by atoms with Gasteiger partial charge in [0.25, 0.3) is 5.56 Å². The highest BCUT2D eigenvalue weighted by Crippen LogP contribution is 1.90. The van der Waals surface area contributed by atoms with Crippen molar-refractivity contribution in [2.24, 2.45) is 5.73 Å². The Morgan fingerprint density at radius 1 is 1.35 bits per heavy atom. The van der Waals surface area contributed by atoms with Crippen LogP contribution in [0.25, 0.3) is 0 Å². The van der Waals surface area contributed by atoms with Crippen molar-refractivity contribution in [1.82, 2.24) is 9.47 Å². The molecule has 0 aromatic carbocycles. The van der Waals surface area contributed by atoms with Gasteiger partial charge in [-0.1, -0.05) is 6.07 Å². The van der Waals surface area contributed by atoms with Gasteiger partial charge >= 0.3 is 0 Å². The molecule has 0 saturated carbocycles. The lowest BCUT2D eigenvalue weighted by Gasteiger charge is -2.21. The minimum atomic E-state index is 0.0342. The molecule has 5 heteroatoms. The number of rotatable bonds is 8. The van der Waals surface area contributed by atoms with E-state index in [4.69, 9.17) is 10.5 Å². The van der Waals surface area contributed by atoms with Gasteiger partial charge in [0.15, 0.2) is 0 Å². The molecule has 1 rings (SSSR count). The van der Waals surface area contributed by atoms with Crippen LogP contribution in [0.1, 0.15) is 0 Å². The largest absolute Gasteiger partial charge is 0.383 e. The van der Waals surface area contributed by atoms with Gasteiger partial charge in [0.2, 0.25) is 0 Å². The van der Waals surface area contributed by atoms with Crippen molar-refractivity contribution in [2.75, 3.05) is 39.9 Å². The molecule has 2 N–H and O–H groups in total. The molecule has 0 spiro atoms. The molecule has 5 nitrogen and oxygen atoms in total.